The van der Waals surface area contributed by atoms with Crippen LogP contribution in [-0.2, 0) is 0 Å². The number of aliphatic hydroxyl groups is 1. The summed E-state index contributed by atoms with van der Waals surface area (Å²) in [6, 6.07) is 2.19. The lowest BCUT2D eigenvalue weighted by Gasteiger charge is -2.10. The van der Waals surface area contributed by atoms with Gasteiger partial charge in [0.15, 0.2) is 0 Å². The molecule has 1 aliphatic rings. The van der Waals surface area contributed by atoms with Gasteiger partial charge in [-0.3, -0.25) is 4.79 Å². The van der Waals surface area contributed by atoms with E-state index < -0.39 is 0 Å². The van der Waals surface area contributed by atoms with Gasteiger partial charge in [0.1, 0.15) is 4.88 Å². The predicted octanol–water partition coefficient (Wildman–Crippen LogP) is 2.15. The van der Waals surface area contributed by atoms with Crippen molar-refractivity contribution in [3.8, 4) is 11.8 Å². The number of carbonyl (C=O) groups excluding carboxylic acids is 1. The zero-order chi connectivity index (χ0) is 12.8. The van der Waals surface area contributed by atoms with E-state index in [0.717, 1.165) is 18.4 Å². The predicted molar refractivity (Wildman–Crippen MR) is 72.6 cm³/mol. The molecule has 0 spiro atoms. The van der Waals surface area contributed by atoms with Gasteiger partial charge in [0.05, 0.1) is 6.61 Å². The van der Waals surface area contributed by atoms with Crippen molar-refractivity contribution in [3.05, 3.63) is 21.9 Å². The fourth-order valence-electron chi connectivity index (χ4n) is 2.12. The molecule has 0 unspecified atom stereocenters. The first-order chi connectivity index (χ1) is 8.81. The monoisotopic (exact) mass is 263 g/mol. The summed E-state index contributed by atoms with van der Waals surface area (Å²) < 4.78 is 0. The van der Waals surface area contributed by atoms with Crippen LogP contribution in [-0.4, -0.2) is 23.7 Å². The third-order valence-electron chi connectivity index (χ3n) is 3.02. The van der Waals surface area contributed by atoms with Crippen molar-refractivity contribution in [2.24, 2.45) is 0 Å². The topological polar surface area (TPSA) is 49.3 Å². The smallest absolute Gasteiger partial charge is 0.262 e. The first-order valence-electron chi connectivity index (χ1n) is 6.29. The first kappa shape index (κ1) is 13.1. The highest BCUT2D eigenvalue weighted by Crippen LogP contribution is 2.20. The number of amides is 1. The van der Waals surface area contributed by atoms with Crippen molar-refractivity contribution in [2.75, 3.05) is 6.61 Å². The molecule has 1 amide bonds. The van der Waals surface area contributed by atoms with E-state index in [0.29, 0.717) is 17.3 Å². The molecule has 0 aliphatic heterocycles. The van der Waals surface area contributed by atoms with Crippen LogP contribution >= 0.6 is 11.3 Å². The molecule has 1 fully saturated rings. The van der Waals surface area contributed by atoms with E-state index in [2.05, 4.69) is 17.2 Å². The van der Waals surface area contributed by atoms with E-state index in [-0.39, 0.29) is 12.5 Å². The van der Waals surface area contributed by atoms with Gasteiger partial charge < -0.3 is 10.4 Å². The Kier molecular flexibility index (Phi) is 4.80. The molecule has 2 N–H and O–H groups in total. The van der Waals surface area contributed by atoms with Gasteiger partial charge in [-0.25, -0.2) is 0 Å². The molecule has 1 saturated carbocycles. The van der Waals surface area contributed by atoms with Gasteiger partial charge in [-0.15, -0.1) is 11.3 Å². The average molecular weight is 263 g/mol. The minimum Gasteiger partial charge on any atom is -0.395 e. The number of hydrogen-bond donors (Lipinski definition) is 2. The quantitative estimate of drug-likeness (QED) is 0.821. The molecule has 3 nitrogen and oxygen atoms in total. The van der Waals surface area contributed by atoms with Crippen LogP contribution in [0.2, 0.25) is 0 Å². The summed E-state index contributed by atoms with van der Waals surface area (Å²) in [6.45, 7) is 0.0563. The second-order valence-electron chi connectivity index (χ2n) is 4.39. The lowest BCUT2D eigenvalue weighted by molar-refractivity contribution is 0.0942. The maximum Gasteiger partial charge on any atom is 0.262 e. The SMILES string of the molecule is O=C(NC1CCCC1)c1sccc1C#CCCO. The molecule has 1 heterocycles. The number of nitrogens with one attached hydrogen (secondary N) is 1. The van der Waals surface area contributed by atoms with E-state index in [4.69, 9.17) is 5.11 Å². The van der Waals surface area contributed by atoms with Crippen LogP contribution in [0.4, 0.5) is 0 Å². The molecule has 0 aromatic carbocycles. The van der Waals surface area contributed by atoms with Crippen molar-refractivity contribution in [2.45, 2.75) is 38.1 Å². The average Bonchev–Trinajstić information content (AvgIpc) is 3.00. The second kappa shape index (κ2) is 6.58. The van der Waals surface area contributed by atoms with Gasteiger partial charge in [0.2, 0.25) is 0 Å². The maximum atomic E-state index is 12.1. The lowest BCUT2D eigenvalue weighted by atomic mass is 10.2. The maximum absolute atomic E-state index is 12.1. The van der Waals surface area contributed by atoms with Crippen LogP contribution in [0.5, 0.6) is 0 Å². The second-order valence-corrected chi connectivity index (χ2v) is 5.31. The standard InChI is InChI=1S/C14H17NO2S/c16-9-4-3-5-11-8-10-18-13(11)14(17)15-12-6-1-2-7-12/h8,10,12,16H,1-2,4,6-7,9H2,(H,15,17). The Balaban J connectivity index is 2.01. The molecule has 1 aromatic rings. The number of carbonyl (C=O) groups is 1. The summed E-state index contributed by atoms with van der Waals surface area (Å²) in [6.07, 6.45) is 5.03. The summed E-state index contributed by atoms with van der Waals surface area (Å²) in [4.78, 5) is 12.8. The third kappa shape index (κ3) is 3.34. The molecule has 18 heavy (non-hydrogen) atoms. The highest BCUT2D eigenvalue weighted by atomic mass is 32.1. The van der Waals surface area contributed by atoms with Gasteiger partial charge in [-0.1, -0.05) is 24.7 Å². The van der Waals surface area contributed by atoms with Crippen LogP contribution in [0.1, 0.15) is 47.3 Å². The Morgan fingerprint density at radius 2 is 2.28 bits per heavy atom. The summed E-state index contributed by atoms with van der Waals surface area (Å²) in [5, 5.41) is 13.6. The Hall–Kier alpha value is -1.31. The Bertz CT molecular complexity index is 464. The number of aliphatic hydroxyl groups excluding tert-OH is 1. The van der Waals surface area contributed by atoms with Gasteiger partial charge >= 0.3 is 0 Å². The number of hydrogen-bond acceptors (Lipinski definition) is 3. The molecule has 0 bridgehead atoms. The van der Waals surface area contributed by atoms with Crippen LogP contribution in [0.15, 0.2) is 11.4 Å². The molecule has 1 aromatic heterocycles. The van der Waals surface area contributed by atoms with Gasteiger partial charge in [-0.05, 0) is 24.3 Å². The van der Waals surface area contributed by atoms with Gasteiger partial charge in [0, 0.05) is 18.0 Å². The summed E-state index contributed by atoms with van der Waals surface area (Å²) in [5.41, 5.74) is 0.768. The highest BCUT2D eigenvalue weighted by molar-refractivity contribution is 7.12. The van der Waals surface area contributed by atoms with E-state index in [1.807, 2.05) is 11.4 Å². The summed E-state index contributed by atoms with van der Waals surface area (Å²) in [5.74, 6) is 5.78. The van der Waals surface area contributed by atoms with Crippen molar-refractivity contribution >= 4 is 17.2 Å². The van der Waals surface area contributed by atoms with Crippen LogP contribution in [0, 0.1) is 11.8 Å². The molecule has 0 saturated heterocycles. The fraction of sp³-hybridized carbons (Fsp3) is 0.500. The third-order valence-corrected chi connectivity index (χ3v) is 3.93. The van der Waals surface area contributed by atoms with Crippen molar-refractivity contribution < 1.29 is 9.90 Å². The van der Waals surface area contributed by atoms with Crippen molar-refractivity contribution in [3.63, 3.8) is 0 Å². The van der Waals surface area contributed by atoms with Gasteiger partial charge in [-0.2, -0.15) is 0 Å². The van der Waals surface area contributed by atoms with Crippen LogP contribution in [0.25, 0.3) is 0 Å². The minimum atomic E-state index is -0.00908. The molecule has 0 atom stereocenters. The largest absolute Gasteiger partial charge is 0.395 e. The number of rotatable bonds is 3. The van der Waals surface area contributed by atoms with Gasteiger partial charge in [0.25, 0.3) is 5.91 Å². The Labute approximate surface area is 111 Å². The molecule has 0 radical (unpaired) electrons. The molecular weight excluding hydrogens is 246 g/mol. The molecule has 96 valence electrons. The molecule has 2 rings (SSSR count). The van der Waals surface area contributed by atoms with Crippen molar-refractivity contribution in [1.82, 2.24) is 5.32 Å². The number of thiophene rings is 1. The Morgan fingerprint density at radius 1 is 1.50 bits per heavy atom. The Morgan fingerprint density at radius 3 is 3.00 bits per heavy atom. The van der Waals surface area contributed by atoms with Crippen molar-refractivity contribution in [1.29, 1.82) is 0 Å². The van der Waals surface area contributed by atoms with Crippen LogP contribution < -0.4 is 5.32 Å². The van der Waals surface area contributed by atoms with E-state index in [1.54, 1.807) is 0 Å². The van der Waals surface area contributed by atoms with Crippen LogP contribution in [0.3, 0.4) is 0 Å². The van der Waals surface area contributed by atoms with E-state index in [1.165, 1.54) is 24.2 Å². The zero-order valence-corrected chi connectivity index (χ0v) is 11.1. The molecule has 1 aliphatic carbocycles. The normalized spacial score (nSPS) is 15.2. The fourth-order valence-corrected chi connectivity index (χ4v) is 2.87. The lowest BCUT2D eigenvalue weighted by Crippen LogP contribution is -2.32. The summed E-state index contributed by atoms with van der Waals surface area (Å²) >= 11 is 1.42. The van der Waals surface area contributed by atoms with E-state index >= 15 is 0 Å². The highest BCUT2D eigenvalue weighted by Gasteiger charge is 2.19. The molecular formula is C14H17NO2S. The minimum absolute atomic E-state index is 0.00908. The zero-order valence-electron chi connectivity index (χ0n) is 10.2. The molecule has 4 heteroatoms. The summed E-state index contributed by atoms with van der Waals surface area (Å²) in [7, 11) is 0. The first-order valence-corrected chi connectivity index (χ1v) is 7.17. The van der Waals surface area contributed by atoms with E-state index in [9.17, 15) is 4.79 Å².